The molecule has 2 rings (SSSR count). The predicted octanol–water partition coefficient (Wildman–Crippen LogP) is 1.44. The minimum atomic E-state index is -0.582. The molecule has 1 amide bonds. The van der Waals surface area contributed by atoms with Gasteiger partial charge in [0.05, 0.1) is 6.54 Å². The number of nitrogens with two attached hydrogens (primary N) is 1. The molecule has 4 nitrogen and oxygen atoms in total. The zero-order chi connectivity index (χ0) is 11.8. The number of amides is 1. The highest BCUT2D eigenvalue weighted by atomic mass is 16.6. The van der Waals surface area contributed by atoms with Gasteiger partial charge >= 0.3 is 6.09 Å². The molecule has 0 bridgehead atoms. The Morgan fingerprint density at radius 1 is 1.50 bits per heavy atom. The number of likely N-dealkylation sites (N-methyl/N-ethyl adjacent to an activating group) is 1. The Kier molecular flexibility index (Phi) is 2.59. The van der Waals surface area contributed by atoms with Crippen molar-refractivity contribution >= 4 is 6.09 Å². The lowest BCUT2D eigenvalue weighted by atomic mass is 9.91. The molecule has 1 aliphatic heterocycles. The monoisotopic (exact) mass is 220 g/mol. The van der Waals surface area contributed by atoms with Gasteiger partial charge in [-0.05, 0) is 12.5 Å². The molecule has 86 valence electrons. The van der Waals surface area contributed by atoms with Crippen LogP contribution in [0.5, 0.6) is 0 Å². The number of rotatable bonds is 2. The first-order chi connectivity index (χ1) is 7.57. The van der Waals surface area contributed by atoms with E-state index in [-0.39, 0.29) is 6.09 Å². The fourth-order valence-corrected chi connectivity index (χ4v) is 2.17. The van der Waals surface area contributed by atoms with Crippen molar-refractivity contribution in [2.45, 2.75) is 19.1 Å². The van der Waals surface area contributed by atoms with Gasteiger partial charge in [-0.15, -0.1) is 0 Å². The summed E-state index contributed by atoms with van der Waals surface area (Å²) in [7, 11) is 1.73. The molecule has 0 aromatic heterocycles. The maximum atomic E-state index is 11.4. The van der Waals surface area contributed by atoms with E-state index in [9.17, 15) is 4.79 Å². The molecule has 4 heteroatoms. The van der Waals surface area contributed by atoms with Gasteiger partial charge in [-0.25, -0.2) is 4.79 Å². The average Bonchev–Trinajstić information content (AvgIpc) is 2.54. The smallest absolute Gasteiger partial charge is 0.410 e. The van der Waals surface area contributed by atoms with E-state index in [0.717, 1.165) is 11.1 Å². The zero-order valence-electron chi connectivity index (χ0n) is 9.56. The molecule has 16 heavy (non-hydrogen) atoms. The van der Waals surface area contributed by atoms with Crippen LogP contribution in [0.1, 0.15) is 18.1 Å². The third kappa shape index (κ3) is 1.65. The van der Waals surface area contributed by atoms with Crippen LogP contribution in [0.2, 0.25) is 0 Å². The Morgan fingerprint density at radius 2 is 2.19 bits per heavy atom. The highest BCUT2D eigenvalue weighted by molar-refractivity contribution is 5.70. The summed E-state index contributed by atoms with van der Waals surface area (Å²) in [6.45, 7) is 2.93. The Labute approximate surface area is 95.0 Å². The van der Waals surface area contributed by atoms with E-state index in [4.69, 9.17) is 10.5 Å². The first-order valence-corrected chi connectivity index (χ1v) is 5.29. The molecule has 1 aromatic carbocycles. The Balaban J connectivity index is 2.40. The Bertz CT molecular complexity index is 419. The minimum Gasteiger partial charge on any atom is -0.436 e. The van der Waals surface area contributed by atoms with Crippen molar-refractivity contribution in [2.75, 3.05) is 13.6 Å². The quantitative estimate of drug-likeness (QED) is 0.820. The molecule has 0 saturated carbocycles. The van der Waals surface area contributed by atoms with E-state index in [2.05, 4.69) is 0 Å². The van der Waals surface area contributed by atoms with Crippen molar-refractivity contribution < 1.29 is 9.53 Å². The summed E-state index contributed by atoms with van der Waals surface area (Å²) in [5.41, 5.74) is 7.13. The molecule has 0 radical (unpaired) electrons. The third-order valence-electron chi connectivity index (χ3n) is 2.97. The Morgan fingerprint density at radius 3 is 2.75 bits per heavy atom. The number of carbonyl (C=O) groups excluding carboxylic acids is 1. The van der Waals surface area contributed by atoms with Gasteiger partial charge in [0, 0.05) is 19.2 Å². The van der Waals surface area contributed by atoms with E-state index in [1.54, 1.807) is 11.9 Å². The average molecular weight is 220 g/mol. The van der Waals surface area contributed by atoms with Gasteiger partial charge in [0.25, 0.3) is 0 Å². The third-order valence-corrected chi connectivity index (χ3v) is 2.97. The highest BCUT2D eigenvalue weighted by Gasteiger charge is 2.41. The van der Waals surface area contributed by atoms with Crippen LogP contribution in [0, 0.1) is 0 Å². The SMILES string of the molecule is CN1CC(C)(c2ccccc2CN)OC1=O. The molecule has 1 saturated heterocycles. The van der Waals surface area contributed by atoms with E-state index >= 15 is 0 Å². The molecule has 2 N–H and O–H groups in total. The lowest BCUT2D eigenvalue weighted by Gasteiger charge is -2.24. The predicted molar refractivity (Wildman–Crippen MR) is 60.8 cm³/mol. The summed E-state index contributed by atoms with van der Waals surface area (Å²) >= 11 is 0. The summed E-state index contributed by atoms with van der Waals surface area (Å²) in [6, 6.07) is 7.81. The van der Waals surface area contributed by atoms with Crippen molar-refractivity contribution in [3.05, 3.63) is 35.4 Å². The number of cyclic esters (lactones) is 1. The number of hydrogen-bond donors (Lipinski definition) is 1. The van der Waals surface area contributed by atoms with Crippen LogP contribution in [0.4, 0.5) is 4.79 Å². The van der Waals surface area contributed by atoms with Crippen molar-refractivity contribution in [2.24, 2.45) is 5.73 Å². The summed E-state index contributed by atoms with van der Waals surface area (Å²) in [4.78, 5) is 13.0. The fraction of sp³-hybridized carbons (Fsp3) is 0.417. The van der Waals surface area contributed by atoms with Gasteiger partial charge in [-0.2, -0.15) is 0 Å². The van der Waals surface area contributed by atoms with Gasteiger partial charge in [0.2, 0.25) is 0 Å². The second-order valence-electron chi connectivity index (χ2n) is 4.32. The van der Waals surface area contributed by atoms with Crippen molar-refractivity contribution in [1.82, 2.24) is 4.90 Å². The first kappa shape index (κ1) is 11.0. The number of carbonyl (C=O) groups is 1. The van der Waals surface area contributed by atoms with Gasteiger partial charge < -0.3 is 15.4 Å². The molecule has 0 aliphatic carbocycles. The topological polar surface area (TPSA) is 55.6 Å². The molecule has 1 atom stereocenters. The number of hydrogen-bond acceptors (Lipinski definition) is 3. The second kappa shape index (κ2) is 3.79. The van der Waals surface area contributed by atoms with Gasteiger partial charge in [-0.3, -0.25) is 0 Å². The maximum absolute atomic E-state index is 11.4. The van der Waals surface area contributed by atoms with Crippen LogP contribution < -0.4 is 5.73 Å². The first-order valence-electron chi connectivity index (χ1n) is 5.29. The Hall–Kier alpha value is -1.55. The zero-order valence-corrected chi connectivity index (χ0v) is 9.56. The normalized spacial score (nSPS) is 24.7. The molecular weight excluding hydrogens is 204 g/mol. The summed E-state index contributed by atoms with van der Waals surface area (Å²) < 4.78 is 5.42. The van der Waals surface area contributed by atoms with Crippen LogP contribution in [-0.2, 0) is 16.9 Å². The van der Waals surface area contributed by atoms with Crippen LogP contribution in [0.3, 0.4) is 0 Å². The summed E-state index contributed by atoms with van der Waals surface area (Å²) in [6.07, 6.45) is -0.283. The molecular formula is C12H16N2O2. The number of benzene rings is 1. The number of nitrogens with zero attached hydrogens (tertiary/aromatic N) is 1. The molecule has 1 fully saturated rings. The van der Waals surface area contributed by atoms with E-state index in [1.165, 1.54) is 0 Å². The van der Waals surface area contributed by atoms with Crippen LogP contribution >= 0.6 is 0 Å². The van der Waals surface area contributed by atoms with E-state index in [1.807, 2.05) is 31.2 Å². The summed E-state index contributed by atoms with van der Waals surface area (Å²) in [5.74, 6) is 0. The van der Waals surface area contributed by atoms with E-state index < -0.39 is 5.60 Å². The van der Waals surface area contributed by atoms with Gasteiger partial charge in [0.1, 0.15) is 0 Å². The number of ether oxygens (including phenoxy) is 1. The maximum Gasteiger partial charge on any atom is 0.410 e. The highest BCUT2D eigenvalue weighted by Crippen LogP contribution is 2.33. The molecule has 1 aromatic rings. The molecule has 0 spiro atoms. The molecule has 1 unspecified atom stereocenters. The lowest BCUT2D eigenvalue weighted by Crippen LogP contribution is -2.28. The van der Waals surface area contributed by atoms with Gasteiger partial charge in [0.15, 0.2) is 5.60 Å². The van der Waals surface area contributed by atoms with Crippen LogP contribution in [-0.4, -0.2) is 24.6 Å². The van der Waals surface area contributed by atoms with Crippen molar-refractivity contribution in [1.29, 1.82) is 0 Å². The molecule has 1 aliphatic rings. The van der Waals surface area contributed by atoms with Crippen LogP contribution in [0.25, 0.3) is 0 Å². The van der Waals surface area contributed by atoms with Crippen molar-refractivity contribution in [3.63, 3.8) is 0 Å². The fourth-order valence-electron chi connectivity index (χ4n) is 2.17. The largest absolute Gasteiger partial charge is 0.436 e. The standard InChI is InChI=1S/C12H16N2O2/c1-12(8-14(2)11(15)16-12)10-6-4-3-5-9(10)7-13/h3-6H,7-8,13H2,1-2H3. The van der Waals surface area contributed by atoms with E-state index in [0.29, 0.717) is 13.1 Å². The molecule has 1 heterocycles. The van der Waals surface area contributed by atoms with Crippen LogP contribution in [0.15, 0.2) is 24.3 Å². The minimum absolute atomic E-state index is 0.283. The van der Waals surface area contributed by atoms with Crippen molar-refractivity contribution in [3.8, 4) is 0 Å². The lowest BCUT2D eigenvalue weighted by molar-refractivity contribution is 0.0694. The van der Waals surface area contributed by atoms with Gasteiger partial charge in [-0.1, -0.05) is 24.3 Å². The second-order valence-corrected chi connectivity index (χ2v) is 4.32. The summed E-state index contributed by atoms with van der Waals surface area (Å²) in [5, 5.41) is 0.